The molecule has 0 radical (unpaired) electrons. The van der Waals surface area contributed by atoms with Crippen LogP contribution in [0.4, 0.5) is 5.69 Å². The number of carbonyl (C=O) groups excluding carboxylic acids is 2. The number of benzene rings is 2. The van der Waals surface area contributed by atoms with Crippen LogP contribution < -0.4 is 4.90 Å². The highest BCUT2D eigenvalue weighted by atomic mass is 16.2. The summed E-state index contributed by atoms with van der Waals surface area (Å²) in [6.45, 7) is 1.75. The van der Waals surface area contributed by atoms with Crippen molar-refractivity contribution >= 4 is 28.3 Å². The van der Waals surface area contributed by atoms with Gasteiger partial charge in [0.05, 0.1) is 11.3 Å². The van der Waals surface area contributed by atoms with Gasteiger partial charge in [0, 0.05) is 14.1 Å². The molecular formula is C16H16N2O2. The predicted octanol–water partition coefficient (Wildman–Crippen LogP) is 2.28. The van der Waals surface area contributed by atoms with Crippen molar-refractivity contribution in [3.63, 3.8) is 0 Å². The Balaban J connectivity index is 2.31. The third-order valence-corrected chi connectivity index (χ3v) is 4.05. The van der Waals surface area contributed by atoms with Crippen LogP contribution >= 0.6 is 0 Å². The number of nitrogens with zero attached hydrogens (tertiary/aromatic N) is 2. The van der Waals surface area contributed by atoms with Gasteiger partial charge in [-0.15, -0.1) is 0 Å². The van der Waals surface area contributed by atoms with E-state index in [0.29, 0.717) is 11.3 Å². The average Bonchev–Trinajstić information content (AvgIpc) is 2.53. The fraction of sp³-hybridized carbons (Fsp3) is 0.250. The highest BCUT2D eigenvalue weighted by Crippen LogP contribution is 2.30. The van der Waals surface area contributed by atoms with Crippen molar-refractivity contribution < 1.29 is 9.59 Å². The number of carbonyl (C=O) groups is 2. The molecule has 0 saturated heterocycles. The van der Waals surface area contributed by atoms with Crippen molar-refractivity contribution in [2.75, 3.05) is 19.0 Å². The summed E-state index contributed by atoms with van der Waals surface area (Å²) in [5.41, 5.74) is 1.25. The lowest BCUT2D eigenvalue weighted by Gasteiger charge is -2.22. The normalized spacial score (nSPS) is 19.2. The third kappa shape index (κ3) is 1.68. The van der Waals surface area contributed by atoms with Crippen LogP contribution in [0.5, 0.6) is 0 Å². The van der Waals surface area contributed by atoms with E-state index in [4.69, 9.17) is 0 Å². The molecule has 2 aromatic carbocycles. The third-order valence-electron chi connectivity index (χ3n) is 4.05. The molecule has 0 saturated carbocycles. The first-order valence-corrected chi connectivity index (χ1v) is 6.58. The molecule has 0 spiro atoms. The second kappa shape index (κ2) is 4.34. The van der Waals surface area contributed by atoms with Crippen molar-refractivity contribution in [3.8, 4) is 0 Å². The Hall–Kier alpha value is -2.36. The Morgan fingerprint density at radius 1 is 1.00 bits per heavy atom. The Labute approximate surface area is 117 Å². The van der Waals surface area contributed by atoms with Crippen LogP contribution in [-0.2, 0) is 4.79 Å². The molecule has 1 unspecified atom stereocenters. The van der Waals surface area contributed by atoms with E-state index in [2.05, 4.69) is 0 Å². The summed E-state index contributed by atoms with van der Waals surface area (Å²) in [6.07, 6.45) is 0. The highest BCUT2D eigenvalue weighted by molar-refractivity contribution is 6.13. The molecule has 4 nitrogen and oxygen atoms in total. The summed E-state index contributed by atoms with van der Waals surface area (Å²) in [5, 5.41) is 2.03. The van der Waals surface area contributed by atoms with Gasteiger partial charge in [-0.05, 0) is 29.8 Å². The van der Waals surface area contributed by atoms with E-state index in [1.807, 2.05) is 36.4 Å². The summed E-state index contributed by atoms with van der Waals surface area (Å²) in [6, 6.07) is 11.2. The molecule has 0 aromatic heterocycles. The van der Waals surface area contributed by atoms with Crippen LogP contribution in [0.3, 0.4) is 0 Å². The maximum Gasteiger partial charge on any atom is 0.256 e. The zero-order chi connectivity index (χ0) is 14.4. The standard InChI is InChI=1S/C16H16N2O2/c1-10-15(19)18(3)14-9-12-7-5-4-6-11(12)8-13(14)16(20)17(10)2/h4-10H,1-3H3. The molecule has 3 rings (SSSR count). The van der Waals surface area contributed by atoms with E-state index in [0.717, 1.165) is 10.8 Å². The smallest absolute Gasteiger partial charge is 0.256 e. The molecule has 0 aliphatic carbocycles. The van der Waals surface area contributed by atoms with E-state index < -0.39 is 6.04 Å². The zero-order valence-electron chi connectivity index (χ0n) is 11.8. The van der Waals surface area contributed by atoms with Gasteiger partial charge in [-0.25, -0.2) is 0 Å². The van der Waals surface area contributed by atoms with Crippen molar-refractivity contribution in [1.82, 2.24) is 4.90 Å². The average molecular weight is 268 g/mol. The SMILES string of the molecule is CC1C(=O)N(C)c2cc3ccccc3cc2C(=O)N1C. The van der Waals surface area contributed by atoms with Crippen molar-refractivity contribution in [2.45, 2.75) is 13.0 Å². The zero-order valence-corrected chi connectivity index (χ0v) is 11.8. The fourth-order valence-corrected chi connectivity index (χ4v) is 2.61. The summed E-state index contributed by atoms with van der Waals surface area (Å²) >= 11 is 0. The van der Waals surface area contributed by atoms with Crippen LogP contribution in [0, 0.1) is 0 Å². The largest absolute Gasteiger partial charge is 0.330 e. The Bertz CT molecular complexity index is 723. The molecule has 1 aliphatic rings. The number of likely N-dealkylation sites (N-methyl/N-ethyl adjacent to an activating group) is 2. The first-order valence-electron chi connectivity index (χ1n) is 6.58. The van der Waals surface area contributed by atoms with Gasteiger partial charge in [0.1, 0.15) is 6.04 Å². The van der Waals surface area contributed by atoms with Crippen LogP contribution in [0.25, 0.3) is 10.8 Å². The van der Waals surface area contributed by atoms with Gasteiger partial charge < -0.3 is 9.80 Å². The lowest BCUT2D eigenvalue weighted by atomic mass is 10.0. The molecule has 2 aromatic rings. The first kappa shape index (κ1) is 12.7. The van der Waals surface area contributed by atoms with Gasteiger partial charge in [-0.1, -0.05) is 24.3 Å². The van der Waals surface area contributed by atoms with Crippen LogP contribution in [-0.4, -0.2) is 36.9 Å². The molecule has 1 heterocycles. The minimum absolute atomic E-state index is 0.0742. The second-order valence-corrected chi connectivity index (χ2v) is 5.21. The van der Waals surface area contributed by atoms with E-state index in [1.54, 1.807) is 25.9 Å². The molecule has 1 atom stereocenters. The van der Waals surface area contributed by atoms with Crippen LogP contribution in [0.1, 0.15) is 17.3 Å². The lowest BCUT2D eigenvalue weighted by Crippen LogP contribution is -2.43. The van der Waals surface area contributed by atoms with Crippen molar-refractivity contribution in [2.24, 2.45) is 0 Å². The van der Waals surface area contributed by atoms with Gasteiger partial charge >= 0.3 is 0 Å². The Kier molecular flexibility index (Phi) is 2.74. The van der Waals surface area contributed by atoms with Gasteiger partial charge in [0.2, 0.25) is 5.91 Å². The number of amides is 2. The summed E-state index contributed by atoms with van der Waals surface area (Å²) in [4.78, 5) is 27.9. The summed E-state index contributed by atoms with van der Waals surface area (Å²) in [5.74, 6) is -0.189. The van der Waals surface area contributed by atoms with Crippen molar-refractivity contribution in [1.29, 1.82) is 0 Å². The first-order chi connectivity index (χ1) is 9.50. The van der Waals surface area contributed by atoms with Gasteiger partial charge in [0.25, 0.3) is 5.91 Å². The van der Waals surface area contributed by atoms with E-state index in [1.165, 1.54) is 4.90 Å². The maximum atomic E-state index is 12.5. The topological polar surface area (TPSA) is 40.6 Å². The van der Waals surface area contributed by atoms with E-state index >= 15 is 0 Å². The Morgan fingerprint density at radius 3 is 2.25 bits per heavy atom. The van der Waals surface area contributed by atoms with E-state index in [9.17, 15) is 9.59 Å². The van der Waals surface area contributed by atoms with E-state index in [-0.39, 0.29) is 11.8 Å². The minimum atomic E-state index is -0.456. The van der Waals surface area contributed by atoms with Crippen molar-refractivity contribution in [3.05, 3.63) is 42.0 Å². The molecule has 0 bridgehead atoms. The predicted molar refractivity (Wildman–Crippen MR) is 78.9 cm³/mol. The second-order valence-electron chi connectivity index (χ2n) is 5.21. The number of hydrogen-bond donors (Lipinski definition) is 0. The van der Waals surface area contributed by atoms with Gasteiger partial charge in [0.15, 0.2) is 0 Å². The molecule has 20 heavy (non-hydrogen) atoms. The fourth-order valence-electron chi connectivity index (χ4n) is 2.61. The van der Waals surface area contributed by atoms with Gasteiger partial charge in [-0.2, -0.15) is 0 Å². The van der Waals surface area contributed by atoms with Crippen LogP contribution in [0.2, 0.25) is 0 Å². The molecule has 0 fully saturated rings. The lowest BCUT2D eigenvalue weighted by molar-refractivity contribution is -0.121. The quantitative estimate of drug-likeness (QED) is 0.735. The molecule has 102 valence electrons. The number of rotatable bonds is 0. The minimum Gasteiger partial charge on any atom is -0.330 e. The number of fused-ring (bicyclic) bond motifs is 2. The summed E-state index contributed by atoms with van der Waals surface area (Å²) in [7, 11) is 3.39. The van der Waals surface area contributed by atoms with Gasteiger partial charge in [-0.3, -0.25) is 9.59 Å². The Morgan fingerprint density at radius 2 is 1.60 bits per heavy atom. The summed E-state index contributed by atoms with van der Waals surface area (Å²) < 4.78 is 0. The molecule has 4 heteroatoms. The molecular weight excluding hydrogens is 252 g/mol. The number of anilines is 1. The number of hydrogen-bond acceptors (Lipinski definition) is 2. The highest BCUT2D eigenvalue weighted by Gasteiger charge is 2.33. The molecule has 0 N–H and O–H groups in total. The monoisotopic (exact) mass is 268 g/mol. The molecule has 2 amide bonds. The van der Waals surface area contributed by atoms with Crippen LogP contribution in [0.15, 0.2) is 36.4 Å². The molecule has 1 aliphatic heterocycles. The maximum absolute atomic E-state index is 12.5.